The minimum atomic E-state index is -3.16. The first-order valence-corrected chi connectivity index (χ1v) is 12.9. The van der Waals surface area contributed by atoms with E-state index in [2.05, 4.69) is 22.2 Å². The Kier molecular flexibility index (Phi) is 8.46. The number of allylic oxidation sites excluding steroid dienone is 1. The molecule has 0 radical (unpaired) electrons. The summed E-state index contributed by atoms with van der Waals surface area (Å²) >= 11 is 0. The third-order valence-corrected chi connectivity index (χ3v) is 7.28. The lowest BCUT2D eigenvalue weighted by atomic mass is 9.79. The van der Waals surface area contributed by atoms with Crippen LogP contribution >= 0.6 is 0 Å². The number of anilines is 1. The van der Waals surface area contributed by atoms with Crippen LogP contribution in [0.5, 0.6) is 0 Å². The quantitative estimate of drug-likeness (QED) is 0.443. The van der Waals surface area contributed by atoms with Gasteiger partial charge in [-0.05, 0) is 72.7 Å². The van der Waals surface area contributed by atoms with Crippen molar-refractivity contribution in [3.8, 4) is 0 Å². The number of hydrogen-bond acceptors (Lipinski definition) is 6. The molecule has 1 saturated heterocycles. The number of aliphatic hydroxyl groups is 1. The summed E-state index contributed by atoms with van der Waals surface area (Å²) in [6.45, 7) is 10.2. The van der Waals surface area contributed by atoms with Gasteiger partial charge in [0, 0.05) is 37.5 Å². The number of pyridine rings is 1. The molecule has 4 rings (SSSR count). The van der Waals surface area contributed by atoms with Crippen LogP contribution in [-0.2, 0) is 15.5 Å². The van der Waals surface area contributed by atoms with Crippen molar-refractivity contribution in [1.29, 1.82) is 0 Å². The smallest absolute Gasteiger partial charge is 0.286 e. The van der Waals surface area contributed by atoms with Gasteiger partial charge in [-0.25, -0.2) is 0 Å². The molecule has 0 spiro atoms. The fraction of sp³-hybridized carbons (Fsp3) is 0.414. The van der Waals surface area contributed by atoms with Gasteiger partial charge >= 0.3 is 0 Å². The van der Waals surface area contributed by atoms with Gasteiger partial charge in [0.25, 0.3) is 11.8 Å². The maximum absolute atomic E-state index is 13.7. The normalized spacial score (nSPS) is 19.5. The van der Waals surface area contributed by atoms with E-state index < -0.39 is 17.5 Å². The van der Waals surface area contributed by atoms with Crippen molar-refractivity contribution in [2.45, 2.75) is 33.1 Å². The summed E-state index contributed by atoms with van der Waals surface area (Å²) < 4.78 is 32.9. The summed E-state index contributed by atoms with van der Waals surface area (Å²) in [6.07, 6.45) is 1.95. The Morgan fingerprint density at radius 1 is 1.26 bits per heavy atom. The molecule has 2 amide bonds. The zero-order valence-corrected chi connectivity index (χ0v) is 22.4. The lowest BCUT2D eigenvalue weighted by Gasteiger charge is -2.42. The molecule has 2 aliphatic rings. The van der Waals surface area contributed by atoms with Crippen molar-refractivity contribution in [2.75, 3.05) is 38.2 Å². The number of β-amino-alcohol motifs (C(OH)–C–C–N with tert-alkyl or cyclic N) is 1. The monoisotopic (exact) mass is 540 g/mol. The molecule has 0 bridgehead atoms. The summed E-state index contributed by atoms with van der Waals surface area (Å²) in [6, 6.07) is 7.81. The summed E-state index contributed by atoms with van der Waals surface area (Å²) in [5.41, 5.74) is 3.59. The summed E-state index contributed by atoms with van der Waals surface area (Å²) in [5, 5.41) is 15.7. The predicted molar refractivity (Wildman–Crippen MR) is 144 cm³/mol. The Balaban J connectivity index is 1.50. The topological polar surface area (TPSA) is 104 Å². The average Bonchev–Trinajstić information content (AvgIpc) is 2.92. The molecule has 2 atom stereocenters. The molecule has 3 heterocycles. The number of aryl methyl sites for hydroxylation is 1. The van der Waals surface area contributed by atoms with E-state index in [9.17, 15) is 23.5 Å². The first kappa shape index (κ1) is 28.4. The third kappa shape index (κ3) is 6.17. The van der Waals surface area contributed by atoms with Gasteiger partial charge in [0.2, 0.25) is 5.91 Å². The highest BCUT2D eigenvalue weighted by atomic mass is 19.3. The molecule has 39 heavy (non-hydrogen) atoms. The molecule has 2 aliphatic heterocycles. The molecule has 1 fully saturated rings. The first-order valence-electron chi connectivity index (χ1n) is 12.9. The highest BCUT2D eigenvalue weighted by Gasteiger charge is 2.42. The Morgan fingerprint density at radius 3 is 2.74 bits per heavy atom. The van der Waals surface area contributed by atoms with Crippen molar-refractivity contribution in [2.24, 2.45) is 11.8 Å². The number of rotatable bonds is 9. The summed E-state index contributed by atoms with van der Waals surface area (Å²) in [7, 11) is 0. The molecule has 2 aromatic rings. The van der Waals surface area contributed by atoms with Gasteiger partial charge in [0.05, 0.1) is 25.7 Å². The van der Waals surface area contributed by atoms with Gasteiger partial charge in [-0.1, -0.05) is 12.6 Å². The predicted octanol–water partition coefficient (Wildman–Crippen LogP) is 4.08. The van der Waals surface area contributed by atoms with Crippen LogP contribution in [0, 0.1) is 18.8 Å². The number of ether oxygens (including phenoxy) is 1. The Hall–Kier alpha value is -3.63. The lowest BCUT2D eigenvalue weighted by Crippen LogP contribution is -2.51. The fourth-order valence-electron chi connectivity index (χ4n) is 5.14. The van der Waals surface area contributed by atoms with E-state index in [1.807, 2.05) is 19.9 Å². The number of nitrogens with one attached hydrogen (secondary N) is 2. The van der Waals surface area contributed by atoms with Crippen molar-refractivity contribution >= 4 is 23.1 Å². The number of halogens is 2. The largest absolute Gasteiger partial charge is 0.395 e. The molecular formula is C29H34F2N4O4. The number of carbonyl (C=O) groups is 2. The maximum atomic E-state index is 13.7. The highest BCUT2D eigenvalue weighted by Crippen LogP contribution is 2.37. The van der Waals surface area contributed by atoms with Gasteiger partial charge < -0.3 is 20.5 Å². The Bertz CT molecular complexity index is 1300. The molecule has 0 saturated carbocycles. The standard InChI is InChI=1S/C29H34F2N4O4/c1-17-5-6-21(34-27(37)20-7-9-32-25(13-20)29(4,30)31)14-23(17)18(2)15-33-26-19(3)22-8-12-39-16-24(22)28(38)35(26)10-11-36/h5-7,9,13-14,22,24,33,36H,2,8,10-12,15-16H2,1,3-4H3,(H,34,37)/t22?,24-/m1/s1. The van der Waals surface area contributed by atoms with E-state index in [1.54, 1.807) is 17.0 Å². The van der Waals surface area contributed by atoms with Crippen LogP contribution in [0.25, 0.3) is 5.57 Å². The Morgan fingerprint density at radius 2 is 2.03 bits per heavy atom. The third-order valence-electron chi connectivity index (χ3n) is 7.28. The summed E-state index contributed by atoms with van der Waals surface area (Å²) in [4.78, 5) is 31.2. The first-order chi connectivity index (χ1) is 18.5. The minimum Gasteiger partial charge on any atom is -0.395 e. The zero-order valence-electron chi connectivity index (χ0n) is 22.4. The van der Waals surface area contributed by atoms with E-state index in [0.717, 1.165) is 41.7 Å². The minimum absolute atomic E-state index is 0.0616. The van der Waals surface area contributed by atoms with E-state index in [1.165, 1.54) is 12.3 Å². The van der Waals surface area contributed by atoms with Crippen LogP contribution in [0.4, 0.5) is 14.5 Å². The number of carbonyl (C=O) groups excluding carboxylic acids is 2. The van der Waals surface area contributed by atoms with Gasteiger partial charge in [-0.15, -0.1) is 0 Å². The molecular weight excluding hydrogens is 506 g/mol. The molecule has 208 valence electrons. The highest BCUT2D eigenvalue weighted by molar-refractivity contribution is 6.04. The van der Waals surface area contributed by atoms with Crippen LogP contribution < -0.4 is 10.6 Å². The van der Waals surface area contributed by atoms with Gasteiger partial charge in [-0.2, -0.15) is 8.78 Å². The number of hydrogen-bond donors (Lipinski definition) is 3. The van der Waals surface area contributed by atoms with Crippen molar-refractivity contribution in [3.05, 3.63) is 76.9 Å². The maximum Gasteiger partial charge on any atom is 0.286 e. The van der Waals surface area contributed by atoms with E-state index in [-0.39, 0.29) is 36.5 Å². The van der Waals surface area contributed by atoms with Crippen LogP contribution in [0.1, 0.15) is 47.4 Å². The van der Waals surface area contributed by atoms with E-state index in [0.29, 0.717) is 31.3 Å². The van der Waals surface area contributed by atoms with E-state index in [4.69, 9.17) is 4.74 Å². The van der Waals surface area contributed by atoms with Gasteiger partial charge in [0.15, 0.2) is 0 Å². The summed E-state index contributed by atoms with van der Waals surface area (Å²) in [5.74, 6) is -3.24. The second-order valence-corrected chi connectivity index (χ2v) is 10.1. The Labute approximate surface area is 226 Å². The molecule has 0 aliphatic carbocycles. The second kappa shape index (κ2) is 11.6. The lowest BCUT2D eigenvalue weighted by molar-refractivity contribution is -0.142. The number of alkyl halides is 2. The van der Waals surface area contributed by atoms with E-state index >= 15 is 0 Å². The number of aliphatic hydroxyl groups excluding tert-OH is 1. The van der Waals surface area contributed by atoms with Crippen LogP contribution in [0.15, 0.2) is 54.5 Å². The number of benzene rings is 1. The van der Waals surface area contributed by atoms with Crippen molar-refractivity contribution < 1.29 is 28.2 Å². The zero-order chi connectivity index (χ0) is 28.3. The second-order valence-electron chi connectivity index (χ2n) is 10.1. The van der Waals surface area contributed by atoms with Gasteiger partial charge in [-0.3, -0.25) is 19.5 Å². The molecule has 1 aromatic heterocycles. The molecule has 8 nitrogen and oxygen atoms in total. The SMILES string of the molecule is C=C(CNC1=C(C)C2CCOC[C@H]2C(=O)N1CCO)c1cc(NC(=O)c2ccnc(C(C)(F)F)c2)ccc1C. The van der Waals surface area contributed by atoms with Crippen LogP contribution in [0.2, 0.25) is 0 Å². The number of nitrogens with zero attached hydrogens (tertiary/aromatic N) is 2. The van der Waals surface area contributed by atoms with Gasteiger partial charge in [0.1, 0.15) is 11.5 Å². The number of aromatic nitrogens is 1. The molecule has 10 heteroatoms. The van der Waals surface area contributed by atoms with Crippen LogP contribution in [0.3, 0.4) is 0 Å². The molecule has 1 unspecified atom stereocenters. The van der Waals surface area contributed by atoms with Crippen molar-refractivity contribution in [1.82, 2.24) is 15.2 Å². The number of fused-ring (bicyclic) bond motifs is 1. The average molecular weight is 541 g/mol. The van der Waals surface area contributed by atoms with Crippen molar-refractivity contribution in [3.63, 3.8) is 0 Å². The molecule has 3 N–H and O–H groups in total. The van der Waals surface area contributed by atoms with Crippen LogP contribution in [-0.4, -0.2) is 59.7 Å². The fourth-order valence-corrected chi connectivity index (χ4v) is 5.14. The molecule has 1 aromatic carbocycles. The number of amides is 2.